The average molecular weight is 401 g/mol. The van der Waals surface area contributed by atoms with Gasteiger partial charge >= 0.3 is 6.03 Å². The fourth-order valence-electron chi connectivity index (χ4n) is 3.61. The van der Waals surface area contributed by atoms with Crippen LogP contribution in [-0.2, 0) is 17.9 Å². The maximum atomic E-state index is 11.6. The highest BCUT2D eigenvalue weighted by Gasteiger charge is 2.27. The lowest BCUT2D eigenvalue weighted by Crippen LogP contribution is -2.43. The number of carbonyl (C=O) groups is 2. The Balaban J connectivity index is 1.47. The van der Waals surface area contributed by atoms with Crippen molar-refractivity contribution in [3.8, 4) is 0 Å². The molecule has 3 rings (SSSR count). The minimum absolute atomic E-state index is 0.0841. The van der Waals surface area contributed by atoms with Gasteiger partial charge in [-0.1, -0.05) is 30.7 Å². The molecule has 1 aromatic rings. The van der Waals surface area contributed by atoms with Crippen molar-refractivity contribution in [1.82, 2.24) is 25.8 Å². The standard InChI is InChI=1S/C21H32N6O2/c1-2-22-20(23-10-13-27-19(28)15-25-21(27)29)24-14-17-6-8-18(9-7-17)16-26-11-4-3-5-12-26/h6-9H,2-5,10-16H2,1H3,(H,25,29)(H2,22,23,24). The van der Waals surface area contributed by atoms with Gasteiger partial charge in [0.1, 0.15) is 0 Å². The van der Waals surface area contributed by atoms with Crippen molar-refractivity contribution in [2.45, 2.75) is 39.3 Å². The van der Waals surface area contributed by atoms with Crippen LogP contribution < -0.4 is 16.0 Å². The third-order valence-electron chi connectivity index (χ3n) is 5.21. The van der Waals surface area contributed by atoms with Gasteiger partial charge in [-0.2, -0.15) is 0 Å². The van der Waals surface area contributed by atoms with Crippen LogP contribution in [0.5, 0.6) is 0 Å². The van der Waals surface area contributed by atoms with Crippen molar-refractivity contribution >= 4 is 17.9 Å². The molecule has 3 N–H and O–H groups in total. The number of hydrogen-bond acceptors (Lipinski definition) is 4. The maximum Gasteiger partial charge on any atom is 0.324 e. The SMILES string of the molecule is CCNC(=NCc1ccc(CN2CCCCC2)cc1)NCCN1C(=O)CNC1=O. The Morgan fingerprint density at radius 2 is 1.79 bits per heavy atom. The first kappa shape index (κ1) is 21.1. The Kier molecular flexibility index (Phi) is 7.86. The lowest BCUT2D eigenvalue weighted by Gasteiger charge is -2.26. The van der Waals surface area contributed by atoms with Crippen LogP contribution in [0.15, 0.2) is 29.3 Å². The van der Waals surface area contributed by atoms with Gasteiger partial charge in [0.25, 0.3) is 0 Å². The molecule has 0 atom stereocenters. The molecular formula is C21H32N6O2. The summed E-state index contributed by atoms with van der Waals surface area (Å²) in [7, 11) is 0. The minimum Gasteiger partial charge on any atom is -0.357 e. The predicted octanol–water partition coefficient (Wildman–Crippen LogP) is 1.28. The highest BCUT2D eigenvalue weighted by Crippen LogP contribution is 2.14. The van der Waals surface area contributed by atoms with Gasteiger partial charge < -0.3 is 16.0 Å². The van der Waals surface area contributed by atoms with Crippen molar-refractivity contribution in [2.75, 3.05) is 39.3 Å². The number of aliphatic imine (C=N–C) groups is 1. The molecule has 8 nitrogen and oxygen atoms in total. The molecule has 0 aliphatic carbocycles. The molecule has 2 heterocycles. The van der Waals surface area contributed by atoms with Gasteiger partial charge in [-0.05, 0) is 44.0 Å². The number of urea groups is 1. The number of hydrogen-bond donors (Lipinski definition) is 3. The summed E-state index contributed by atoms with van der Waals surface area (Å²) in [6, 6.07) is 8.33. The van der Waals surface area contributed by atoms with Gasteiger partial charge in [0, 0.05) is 26.2 Å². The van der Waals surface area contributed by atoms with Crippen molar-refractivity contribution < 1.29 is 9.59 Å². The van der Waals surface area contributed by atoms with Crippen molar-refractivity contribution in [3.05, 3.63) is 35.4 Å². The molecule has 158 valence electrons. The number of nitrogens with zero attached hydrogens (tertiary/aromatic N) is 3. The highest BCUT2D eigenvalue weighted by molar-refractivity contribution is 6.01. The van der Waals surface area contributed by atoms with E-state index in [1.165, 1.54) is 42.8 Å². The van der Waals surface area contributed by atoms with Crippen molar-refractivity contribution in [3.63, 3.8) is 0 Å². The van der Waals surface area contributed by atoms with Crippen LogP contribution in [0, 0.1) is 0 Å². The molecule has 3 amide bonds. The van der Waals surface area contributed by atoms with E-state index in [1.54, 1.807) is 0 Å². The number of rotatable bonds is 8. The van der Waals surface area contributed by atoms with E-state index in [9.17, 15) is 9.59 Å². The van der Waals surface area contributed by atoms with Crippen molar-refractivity contribution in [2.24, 2.45) is 4.99 Å². The molecule has 2 aliphatic rings. The third kappa shape index (κ3) is 6.45. The summed E-state index contributed by atoms with van der Waals surface area (Å²) in [4.78, 5) is 31.5. The number of imide groups is 1. The first-order chi connectivity index (χ1) is 14.2. The zero-order valence-corrected chi connectivity index (χ0v) is 17.2. The van der Waals surface area contributed by atoms with E-state index < -0.39 is 0 Å². The molecule has 2 saturated heterocycles. The fraction of sp³-hybridized carbons (Fsp3) is 0.571. The number of amides is 3. The van der Waals surface area contributed by atoms with Crippen LogP contribution in [0.25, 0.3) is 0 Å². The van der Waals surface area contributed by atoms with E-state index in [0.717, 1.165) is 18.7 Å². The smallest absolute Gasteiger partial charge is 0.324 e. The van der Waals surface area contributed by atoms with E-state index in [2.05, 4.69) is 50.1 Å². The third-order valence-corrected chi connectivity index (χ3v) is 5.21. The molecule has 8 heteroatoms. The second-order valence-corrected chi connectivity index (χ2v) is 7.48. The summed E-state index contributed by atoms with van der Waals surface area (Å²) < 4.78 is 0. The Bertz CT molecular complexity index is 696. The van der Waals surface area contributed by atoms with Crippen LogP contribution in [0.1, 0.15) is 37.3 Å². The summed E-state index contributed by atoms with van der Waals surface area (Å²) >= 11 is 0. The zero-order valence-electron chi connectivity index (χ0n) is 17.2. The Morgan fingerprint density at radius 1 is 1.07 bits per heavy atom. The van der Waals surface area contributed by atoms with Crippen LogP contribution in [0.2, 0.25) is 0 Å². The van der Waals surface area contributed by atoms with Gasteiger partial charge in [0.15, 0.2) is 5.96 Å². The predicted molar refractivity (Wildman–Crippen MR) is 114 cm³/mol. The van der Waals surface area contributed by atoms with Gasteiger partial charge in [-0.25, -0.2) is 9.79 Å². The van der Waals surface area contributed by atoms with Crippen molar-refractivity contribution in [1.29, 1.82) is 0 Å². The normalized spacial score (nSPS) is 18.1. The quantitative estimate of drug-likeness (QED) is 0.348. The van der Waals surface area contributed by atoms with E-state index in [4.69, 9.17) is 0 Å². The van der Waals surface area contributed by atoms with Crippen LogP contribution in [0.4, 0.5) is 4.79 Å². The summed E-state index contributed by atoms with van der Waals surface area (Å²) in [5.74, 6) is 0.486. The van der Waals surface area contributed by atoms with E-state index in [1.807, 2.05) is 6.92 Å². The summed E-state index contributed by atoms with van der Waals surface area (Å²) in [6.07, 6.45) is 3.98. The molecule has 0 unspecified atom stereocenters. The van der Waals surface area contributed by atoms with Gasteiger partial charge in [-0.15, -0.1) is 0 Å². The first-order valence-electron chi connectivity index (χ1n) is 10.6. The molecule has 0 bridgehead atoms. The first-order valence-corrected chi connectivity index (χ1v) is 10.6. The molecule has 0 aromatic heterocycles. The lowest BCUT2D eigenvalue weighted by molar-refractivity contribution is -0.124. The largest absolute Gasteiger partial charge is 0.357 e. The molecule has 0 spiro atoms. The maximum absolute atomic E-state index is 11.6. The molecule has 2 fully saturated rings. The number of benzene rings is 1. The minimum atomic E-state index is -0.330. The molecule has 2 aliphatic heterocycles. The Labute approximate surface area is 172 Å². The number of nitrogens with one attached hydrogen (secondary N) is 3. The van der Waals surface area contributed by atoms with Crippen LogP contribution in [-0.4, -0.2) is 67.0 Å². The topological polar surface area (TPSA) is 89.1 Å². The number of carbonyl (C=O) groups excluding carboxylic acids is 2. The van der Waals surface area contributed by atoms with Gasteiger partial charge in [-0.3, -0.25) is 14.6 Å². The average Bonchev–Trinajstić information content (AvgIpc) is 3.06. The second kappa shape index (κ2) is 10.8. The van der Waals surface area contributed by atoms with E-state index >= 15 is 0 Å². The summed E-state index contributed by atoms with van der Waals surface area (Å²) in [5.41, 5.74) is 2.50. The molecule has 0 radical (unpaired) electrons. The fourth-order valence-corrected chi connectivity index (χ4v) is 3.61. The molecular weight excluding hydrogens is 368 g/mol. The lowest BCUT2D eigenvalue weighted by atomic mass is 10.1. The summed E-state index contributed by atoms with van der Waals surface area (Å²) in [6.45, 7) is 7.61. The zero-order chi connectivity index (χ0) is 20.5. The highest BCUT2D eigenvalue weighted by atomic mass is 16.2. The van der Waals surface area contributed by atoms with Gasteiger partial charge in [0.05, 0.1) is 13.1 Å². The monoisotopic (exact) mass is 400 g/mol. The molecule has 0 saturated carbocycles. The second-order valence-electron chi connectivity index (χ2n) is 7.48. The van der Waals surface area contributed by atoms with Crippen LogP contribution >= 0.6 is 0 Å². The number of piperidine rings is 1. The van der Waals surface area contributed by atoms with Gasteiger partial charge in [0.2, 0.25) is 5.91 Å². The Hall–Kier alpha value is -2.61. The van der Waals surface area contributed by atoms with E-state index in [0.29, 0.717) is 25.6 Å². The Morgan fingerprint density at radius 3 is 2.45 bits per heavy atom. The van der Waals surface area contributed by atoms with E-state index in [-0.39, 0.29) is 18.5 Å². The number of likely N-dealkylation sites (tertiary alicyclic amines) is 1. The number of guanidine groups is 1. The molecule has 1 aromatic carbocycles. The van der Waals surface area contributed by atoms with Crippen LogP contribution in [0.3, 0.4) is 0 Å². The molecule has 29 heavy (non-hydrogen) atoms. The summed E-state index contributed by atoms with van der Waals surface area (Å²) in [5, 5.41) is 8.90.